The van der Waals surface area contributed by atoms with Crippen LogP contribution in [0.5, 0.6) is 0 Å². The molecule has 1 heteroatoms. The van der Waals surface area contributed by atoms with Crippen molar-refractivity contribution in [2.75, 3.05) is 0 Å². The van der Waals surface area contributed by atoms with Gasteiger partial charge in [-0.25, -0.2) is 4.98 Å². The molecule has 0 aliphatic rings. The van der Waals surface area contributed by atoms with E-state index in [1.54, 1.807) is 0 Å². The van der Waals surface area contributed by atoms with Crippen LogP contribution in [0.2, 0.25) is 0 Å². The number of hydrogen-bond donors (Lipinski definition) is 0. The number of pyridine rings is 1. The van der Waals surface area contributed by atoms with E-state index in [1.165, 1.54) is 22.1 Å². The molecule has 4 rings (SSSR count). The van der Waals surface area contributed by atoms with Gasteiger partial charge in [0.25, 0.3) is 0 Å². The highest BCUT2D eigenvalue weighted by atomic mass is 14.7. The molecule has 0 amide bonds. The minimum absolute atomic E-state index is 0.972. The Bertz CT molecular complexity index is 1100. The minimum atomic E-state index is 0.972. The quantitative estimate of drug-likeness (QED) is 0.366. The third kappa shape index (κ3) is 4.39. The molecule has 0 aliphatic heterocycles. The zero-order chi connectivity index (χ0) is 18.5. The Balaban J connectivity index is 1.48. The predicted octanol–water partition coefficient (Wildman–Crippen LogP) is 6.88. The van der Waals surface area contributed by atoms with Gasteiger partial charge in [0.2, 0.25) is 0 Å². The predicted molar refractivity (Wildman–Crippen MR) is 117 cm³/mol. The zero-order valence-electron chi connectivity index (χ0n) is 15.3. The van der Waals surface area contributed by atoms with E-state index in [9.17, 15) is 0 Å². The zero-order valence-corrected chi connectivity index (χ0v) is 15.3. The van der Waals surface area contributed by atoms with Crippen LogP contribution in [0.3, 0.4) is 0 Å². The van der Waals surface area contributed by atoms with Crippen molar-refractivity contribution < 1.29 is 0 Å². The maximum atomic E-state index is 4.71. The van der Waals surface area contributed by atoms with Gasteiger partial charge in [0, 0.05) is 5.39 Å². The SMILES string of the molecule is Cc1ccc2nc(/C=C/c3ccc(/C=C/c4ccccc4)cc3)ccc2c1. The number of rotatable bonds is 4. The molecule has 0 fully saturated rings. The van der Waals surface area contributed by atoms with Crippen LogP contribution in [0.25, 0.3) is 35.2 Å². The molecular formula is C26H21N. The van der Waals surface area contributed by atoms with Crippen LogP contribution in [0.1, 0.15) is 27.9 Å². The van der Waals surface area contributed by atoms with E-state index in [2.05, 4.69) is 110 Å². The molecule has 0 saturated carbocycles. The summed E-state index contributed by atoms with van der Waals surface area (Å²) in [6, 6.07) is 29.4. The Labute approximate surface area is 160 Å². The second-order valence-corrected chi connectivity index (χ2v) is 6.68. The van der Waals surface area contributed by atoms with E-state index >= 15 is 0 Å². The molecular weight excluding hydrogens is 326 g/mol. The number of hydrogen-bond acceptors (Lipinski definition) is 1. The van der Waals surface area contributed by atoms with Crippen LogP contribution >= 0.6 is 0 Å². The van der Waals surface area contributed by atoms with E-state index in [-0.39, 0.29) is 0 Å². The summed E-state index contributed by atoms with van der Waals surface area (Å²) in [6.07, 6.45) is 8.43. The Kier molecular flexibility index (Phi) is 4.93. The third-order valence-corrected chi connectivity index (χ3v) is 4.52. The summed E-state index contributed by atoms with van der Waals surface area (Å²) in [5.41, 5.74) is 6.82. The first-order chi connectivity index (χ1) is 13.3. The highest BCUT2D eigenvalue weighted by molar-refractivity contribution is 5.81. The molecule has 0 radical (unpaired) electrons. The summed E-state index contributed by atoms with van der Waals surface area (Å²) in [5.74, 6) is 0. The monoisotopic (exact) mass is 347 g/mol. The molecule has 1 nitrogen and oxygen atoms in total. The van der Waals surface area contributed by atoms with E-state index in [0.29, 0.717) is 0 Å². The second kappa shape index (κ2) is 7.84. The van der Waals surface area contributed by atoms with Crippen molar-refractivity contribution in [2.45, 2.75) is 6.92 Å². The van der Waals surface area contributed by atoms with Gasteiger partial charge in [-0.05, 0) is 47.9 Å². The van der Waals surface area contributed by atoms with Crippen molar-refractivity contribution >= 4 is 35.2 Å². The summed E-state index contributed by atoms with van der Waals surface area (Å²) >= 11 is 0. The number of nitrogens with zero attached hydrogens (tertiary/aromatic N) is 1. The molecule has 0 atom stereocenters. The molecule has 4 aromatic rings. The van der Waals surface area contributed by atoms with Gasteiger partial charge < -0.3 is 0 Å². The fourth-order valence-electron chi connectivity index (χ4n) is 3.01. The lowest BCUT2D eigenvalue weighted by Gasteiger charge is -2.01. The Morgan fingerprint density at radius 2 is 1.22 bits per heavy atom. The molecule has 1 aromatic heterocycles. The molecule has 0 unspecified atom stereocenters. The summed E-state index contributed by atoms with van der Waals surface area (Å²) in [4.78, 5) is 4.71. The smallest absolute Gasteiger partial charge is 0.0709 e. The first kappa shape index (κ1) is 17.0. The number of benzene rings is 3. The van der Waals surface area contributed by atoms with E-state index < -0.39 is 0 Å². The van der Waals surface area contributed by atoms with Crippen LogP contribution in [0, 0.1) is 6.92 Å². The molecule has 1 heterocycles. The fourth-order valence-corrected chi connectivity index (χ4v) is 3.01. The maximum Gasteiger partial charge on any atom is 0.0709 e. The van der Waals surface area contributed by atoms with Gasteiger partial charge in [0.1, 0.15) is 0 Å². The van der Waals surface area contributed by atoms with Crippen LogP contribution in [0.4, 0.5) is 0 Å². The van der Waals surface area contributed by atoms with Gasteiger partial charge in [-0.1, -0.05) is 90.5 Å². The summed E-state index contributed by atoms with van der Waals surface area (Å²) < 4.78 is 0. The molecule has 27 heavy (non-hydrogen) atoms. The van der Waals surface area contributed by atoms with Crippen molar-refractivity contribution in [3.05, 3.63) is 113 Å². The summed E-state index contributed by atoms with van der Waals surface area (Å²) in [6.45, 7) is 2.10. The van der Waals surface area contributed by atoms with Crippen molar-refractivity contribution in [3.63, 3.8) is 0 Å². The summed E-state index contributed by atoms with van der Waals surface area (Å²) in [7, 11) is 0. The van der Waals surface area contributed by atoms with Crippen LogP contribution < -0.4 is 0 Å². The highest BCUT2D eigenvalue weighted by Gasteiger charge is 1.97. The Morgan fingerprint density at radius 1 is 0.593 bits per heavy atom. The fraction of sp³-hybridized carbons (Fsp3) is 0.0385. The Hall–Kier alpha value is -3.45. The van der Waals surface area contributed by atoms with Gasteiger partial charge in [0.05, 0.1) is 11.2 Å². The largest absolute Gasteiger partial charge is 0.248 e. The average molecular weight is 347 g/mol. The highest BCUT2D eigenvalue weighted by Crippen LogP contribution is 2.16. The van der Waals surface area contributed by atoms with Crippen molar-refractivity contribution in [2.24, 2.45) is 0 Å². The minimum Gasteiger partial charge on any atom is -0.248 e. The third-order valence-electron chi connectivity index (χ3n) is 4.52. The van der Waals surface area contributed by atoms with E-state index in [4.69, 9.17) is 4.98 Å². The van der Waals surface area contributed by atoms with Crippen molar-refractivity contribution in [1.29, 1.82) is 0 Å². The molecule has 0 saturated heterocycles. The first-order valence-electron chi connectivity index (χ1n) is 9.15. The van der Waals surface area contributed by atoms with Gasteiger partial charge in [0.15, 0.2) is 0 Å². The molecule has 0 N–H and O–H groups in total. The van der Waals surface area contributed by atoms with E-state index in [0.717, 1.165) is 16.8 Å². The Morgan fingerprint density at radius 3 is 1.93 bits per heavy atom. The topological polar surface area (TPSA) is 12.9 Å². The van der Waals surface area contributed by atoms with Gasteiger partial charge in [-0.2, -0.15) is 0 Å². The van der Waals surface area contributed by atoms with Crippen LogP contribution in [0.15, 0.2) is 84.9 Å². The van der Waals surface area contributed by atoms with E-state index in [1.807, 2.05) is 6.07 Å². The molecule has 0 bridgehead atoms. The van der Waals surface area contributed by atoms with Crippen molar-refractivity contribution in [3.8, 4) is 0 Å². The number of fused-ring (bicyclic) bond motifs is 1. The summed E-state index contributed by atoms with van der Waals surface area (Å²) in [5, 5.41) is 1.18. The van der Waals surface area contributed by atoms with Gasteiger partial charge in [-0.3, -0.25) is 0 Å². The molecule has 0 spiro atoms. The first-order valence-corrected chi connectivity index (χ1v) is 9.15. The molecule has 130 valence electrons. The molecule has 3 aromatic carbocycles. The lowest BCUT2D eigenvalue weighted by atomic mass is 10.1. The normalized spacial score (nSPS) is 11.6. The van der Waals surface area contributed by atoms with Gasteiger partial charge >= 0.3 is 0 Å². The second-order valence-electron chi connectivity index (χ2n) is 6.68. The molecule has 0 aliphatic carbocycles. The average Bonchev–Trinajstić information content (AvgIpc) is 2.72. The lowest BCUT2D eigenvalue weighted by molar-refractivity contribution is 1.36. The van der Waals surface area contributed by atoms with Crippen LogP contribution in [-0.2, 0) is 0 Å². The standard InChI is InChI=1S/C26H21N/c1-20-7-18-26-24(19-20)15-17-25(27-26)16-14-23-12-10-22(11-13-23)9-8-21-5-3-2-4-6-21/h2-19H,1H3/b9-8+,16-14+. The number of aromatic nitrogens is 1. The number of aryl methyl sites for hydroxylation is 1. The van der Waals surface area contributed by atoms with Crippen molar-refractivity contribution in [1.82, 2.24) is 4.98 Å². The lowest BCUT2D eigenvalue weighted by Crippen LogP contribution is -1.84. The maximum absolute atomic E-state index is 4.71. The van der Waals surface area contributed by atoms with Crippen LogP contribution in [-0.4, -0.2) is 4.98 Å². The van der Waals surface area contributed by atoms with Gasteiger partial charge in [-0.15, -0.1) is 0 Å².